The lowest BCUT2D eigenvalue weighted by Crippen LogP contribution is -2.36. The SMILES string of the molecule is O=C(CSc1nc(-c2ccc(F)cc2)cs1)N1CCc2sccc2C1. The molecule has 0 unspecified atom stereocenters. The van der Waals surface area contributed by atoms with Gasteiger partial charge in [0.2, 0.25) is 5.91 Å². The van der Waals surface area contributed by atoms with E-state index in [1.807, 2.05) is 10.3 Å². The molecular formula is C18H15FN2OS3. The molecule has 1 aromatic carbocycles. The summed E-state index contributed by atoms with van der Waals surface area (Å²) in [5, 5.41) is 4.04. The van der Waals surface area contributed by atoms with Crippen LogP contribution in [-0.2, 0) is 17.8 Å². The van der Waals surface area contributed by atoms with Crippen LogP contribution in [0.1, 0.15) is 10.4 Å². The van der Waals surface area contributed by atoms with E-state index in [2.05, 4.69) is 16.4 Å². The quantitative estimate of drug-likeness (QED) is 0.606. The number of hydrogen-bond donors (Lipinski definition) is 0. The number of hydrogen-bond acceptors (Lipinski definition) is 5. The van der Waals surface area contributed by atoms with Crippen LogP contribution in [0, 0.1) is 5.82 Å². The van der Waals surface area contributed by atoms with E-state index in [0.29, 0.717) is 5.75 Å². The second kappa shape index (κ2) is 7.27. The second-order valence-electron chi connectivity index (χ2n) is 5.73. The summed E-state index contributed by atoms with van der Waals surface area (Å²) in [4.78, 5) is 20.3. The van der Waals surface area contributed by atoms with Crippen LogP contribution >= 0.6 is 34.4 Å². The minimum atomic E-state index is -0.255. The van der Waals surface area contributed by atoms with E-state index < -0.39 is 0 Å². The third-order valence-electron chi connectivity index (χ3n) is 4.10. The molecule has 0 bridgehead atoms. The number of halogens is 1. The number of fused-ring (bicyclic) bond motifs is 1. The molecule has 2 aromatic heterocycles. The Morgan fingerprint density at radius 3 is 2.92 bits per heavy atom. The lowest BCUT2D eigenvalue weighted by molar-refractivity contribution is -0.129. The topological polar surface area (TPSA) is 33.2 Å². The first kappa shape index (κ1) is 16.8. The lowest BCUT2D eigenvalue weighted by Gasteiger charge is -2.26. The maximum atomic E-state index is 13.0. The van der Waals surface area contributed by atoms with Gasteiger partial charge in [-0.3, -0.25) is 4.79 Å². The maximum Gasteiger partial charge on any atom is 0.233 e. The first-order valence-electron chi connectivity index (χ1n) is 7.86. The lowest BCUT2D eigenvalue weighted by atomic mass is 10.1. The number of aromatic nitrogens is 1. The zero-order chi connectivity index (χ0) is 17.2. The van der Waals surface area contributed by atoms with E-state index >= 15 is 0 Å². The Balaban J connectivity index is 1.36. The number of thiophene rings is 1. The Labute approximate surface area is 157 Å². The fraction of sp³-hybridized carbons (Fsp3) is 0.222. The molecule has 1 amide bonds. The third kappa shape index (κ3) is 3.78. The maximum absolute atomic E-state index is 13.0. The summed E-state index contributed by atoms with van der Waals surface area (Å²) in [6, 6.07) is 8.41. The van der Waals surface area contributed by atoms with Crippen LogP contribution in [0.5, 0.6) is 0 Å². The van der Waals surface area contributed by atoms with Gasteiger partial charge in [0.05, 0.1) is 11.4 Å². The predicted octanol–water partition coefficient (Wildman–Crippen LogP) is 4.69. The highest BCUT2D eigenvalue weighted by atomic mass is 32.2. The van der Waals surface area contributed by atoms with Crippen molar-refractivity contribution in [3.8, 4) is 11.3 Å². The number of thioether (sulfide) groups is 1. The molecule has 7 heteroatoms. The van der Waals surface area contributed by atoms with Gasteiger partial charge < -0.3 is 4.90 Å². The van der Waals surface area contributed by atoms with Crippen LogP contribution in [-0.4, -0.2) is 28.1 Å². The smallest absolute Gasteiger partial charge is 0.233 e. The Morgan fingerprint density at radius 1 is 1.24 bits per heavy atom. The van der Waals surface area contributed by atoms with E-state index in [9.17, 15) is 9.18 Å². The van der Waals surface area contributed by atoms with Gasteiger partial charge >= 0.3 is 0 Å². The van der Waals surface area contributed by atoms with E-state index in [4.69, 9.17) is 0 Å². The van der Waals surface area contributed by atoms with Crippen molar-refractivity contribution in [1.82, 2.24) is 9.88 Å². The summed E-state index contributed by atoms with van der Waals surface area (Å²) < 4.78 is 13.9. The van der Waals surface area contributed by atoms with Crippen molar-refractivity contribution in [2.75, 3.05) is 12.3 Å². The molecular weight excluding hydrogens is 375 g/mol. The summed E-state index contributed by atoms with van der Waals surface area (Å²) >= 11 is 4.76. The normalized spacial score (nSPS) is 13.7. The van der Waals surface area contributed by atoms with Crippen LogP contribution in [0.15, 0.2) is 45.4 Å². The van der Waals surface area contributed by atoms with Crippen LogP contribution in [0.4, 0.5) is 4.39 Å². The Bertz CT molecular complexity index is 888. The van der Waals surface area contributed by atoms with Crippen molar-refractivity contribution in [2.24, 2.45) is 0 Å². The number of carbonyl (C=O) groups excluding carboxylic acids is 1. The van der Waals surface area contributed by atoms with Gasteiger partial charge in [-0.2, -0.15) is 0 Å². The predicted molar refractivity (Wildman–Crippen MR) is 102 cm³/mol. The van der Waals surface area contributed by atoms with Gasteiger partial charge in [-0.25, -0.2) is 9.37 Å². The van der Waals surface area contributed by atoms with Crippen LogP contribution < -0.4 is 0 Å². The largest absolute Gasteiger partial charge is 0.337 e. The van der Waals surface area contributed by atoms with Crippen molar-refractivity contribution in [2.45, 2.75) is 17.3 Å². The minimum absolute atomic E-state index is 0.153. The molecule has 3 nitrogen and oxygen atoms in total. The highest BCUT2D eigenvalue weighted by Crippen LogP contribution is 2.29. The fourth-order valence-corrected chi connectivity index (χ4v) is 5.38. The van der Waals surface area contributed by atoms with E-state index in [1.165, 1.54) is 45.7 Å². The second-order valence-corrected chi connectivity index (χ2v) is 8.81. The number of rotatable bonds is 4. The molecule has 0 saturated carbocycles. The van der Waals surface area contributed by atoms with E-state index in [0.717, 1.165) is 35.1 Å². The zero-order valence-corrected chi connectivity index (χ0v) is 15.7. The molecule has 0 fully saturated rings. The summed E-state index contributed by atoms with van der Waals surface area (Å²) in [6.07, 6.45) is 0.954. The number of thiazole rings is 1. The van der Waals surface area contributed by atoms with Gasteiger partial charge in [0.25, 0.3) is 0 Å². The summed E-state index contributed by atoms with van der Waals surface area (Å²) in [5.74, 6) is 0.297. The average Bonchev–Trinajstić information content (AvgIpc) is 3.29. The van der Waals surface area contributed by atoms with Crippen LogP contribution in [0.3, 0.4) is 0 Å². The van der Waals surface area contributed by atoms with Gasteiger partial charge in [0.15, 0.2) is 4.34 Å². The van der Waals surface area contributed by atoms with Crippen molar-refractivity contribution < 1.29 is 9.18 Å². The molecule has 128 valence electrons. The molecule has 0 atom stereocenters. The van der Waals surface area contributed by atoms with Gasteiger partial charge in [0.1, 0.15) is 5.82 Å². The van der Waals surface area contributed by atoms with Gasteiger partial charge in [-0.05, 0) is 47.7 Å². The molecule has 1 aliphatic heterocycles. The van der Waals surface area contributed by atoms with Crippen molar-refractivity contribution >= 4 is 40.3 Å². The Hall–Kier alpha value is -1.70. The molecule has 3 aromatic rings. The standard InChI is InChI=1S/C18H15FN2OS3/c19-14-3-1-12(2-4-14)15-10-24-18(20-15)25-11-17(22)21-7-5-16-13(9-21)6-8-23-16/h1-4,6,8,10H,5,7,9,11H2. The molecule has 0 aliphatic carbocycles. The highest BCUT2D eigenvalue weighted by molar-refractivity contribution is 8.01. The van der Waals surface area contributed by atoms with Gasteiger partial charge in [0, 0.05) is 28.9 Å². The van der Waals surface area contributed by atoms with Crippen molar-refractivity contribution in [3.63, 3.8) is 0 Å². The summed E-state index contributed by atoms with van der Waals surface area (Å²) in [5.41, 5.74) is 2.99. The van der Waals surface area contributed by atoms with Crippen LogP contribution in [0.25, 0.3) is 11.3 Å². The number of carbonyl (C=O) groups is 1. The molecule has 3 heterocycles. The zero-order valence-electron chi connectivity index (χ0n) is 13.3. The number of nitrogens with zero attached hydrogens (tertiary/aromatic N) is 2. The van der Waals surface area contributed by atoms with E-state index in [-0.39, 0.29) is 11.7 Å². The molecule has 0 spiro atoms. The Morgan fingerprint density at radius 2 is 2.08 bits per heavy atom. The van der Waals surface area contributed by atoms with Gasteiger partial charge in [-0.1, -0.05) is 11.8 Å². The third-order valence-corrected chi connectivity index (χ3v) is 7.13. The van der Waals surface area contributed by atoms with Crippen LogP contribution in [0.2, 0.25) is 0 Å². The molecule has 0 N–H and O–H groups in total. The molecule has 25 heavy (non-hydrogen) atoms. The van der Waals surface area contributed by atoms with Crippen molar-refractivity contribution in [3.05, 3.63) is 57.3 Å². The Kier molecular flexibility index (Phi) is 4.87. The first-order valence-corrected chi connectivity index (χ1v) is 10.6. The minimum Gasteiger partial charge on any atom is -0.337 e. The number of amides is 1. The monoisotopic (exact) mass is 390 g/mol. The molecule has 0 radical (unpaired) electrons. The average molecular weight is 391 g/mol. The highest BCUT2D eigenvalue weighted by Gasteiger charge is 2.21. The summed E-state index contributed by atoms with van der Waals surface area (Å²) in [7, 11) is 0. The number of benzene rings is 1. The molecule has 1 aliphatic rings. The van der Waals surface area contributed by atoms with Gasteiger partial charge in [-0.15, -0.1) is 22.7 Å². The van der Waals surface area contributed by atoms with Crippen molar-refractivity contribution in [1.29, 1.82) is 0 Å². The fourth-order valence-electron chi connectivity index (χ4n) is 2.75. The molecule has 4 rings (SSSR count). The molecule has 0 saturated heterocycles. The van der Waals surface area contributed by atoms with E-state index in [1.54, 1.807) is 23.5 Å². The summed E-state index contributed by atoms with van der Waals surface area (Å²) in [6.45, 7) is 1.52. The first-order chi connectivity index (χ1) is 12.2.